The van der Waals surface area contributed by atoms with Crippen LogP contribution in [0.5, 0.6) is 5.75 Å². The van der Waals surface area contributed by atoms with Crippen LogP contribution in [0.3, 0.4) is 0 Å². The summed E-state index contributed by atoms with van der Waals surface area (Å²) in [5.74, 6) is -0.525. The van der Waals surface area contributed by atoms with E-state index in [0.717, 1.165) is 6.07 Å². The molecule has 0 radical (unpaired) electrons. The van der Waals surface area contributed by atoms with Gasteiger partial charge in [-0.05, 0) is 18.2 Å². The van der Waals surface area contributed by atoms with E-state index in [4.69, 9.17) is 4.74 Å². The molecule has 0 aromatic heterocycles. The minimum absolute atomic E-state index is 0.0655. The van der Waals surface area contributed by atoms with Gasteiger partial charge in [0, 0.05) is 17.7 Å². The molecular formula is C14H9NO5. The minimum Gasteiger partial charge on any atom is -0.423 e. The molecule has 0 bridgehead atoms. The number of non-ortho nitro benzene ring substituents is 1. The van der Waals surface area contributed by atoms with Crippen LogP contribution < -0.4 is 4.74 Å². The Balaban J connectivity index is 2.21. The van der Waals surface area contributed by atoms with Gasteiger partial charge in [0.2, 0.25) is 0 Å². The molecule has 0 saturated carbocycles. The number of hydrogen-bond acceptors (Lipinski definition) is 5. The molecule has 2 aromatic rings. The summed E-state index contributed by atoms with van der Waals surface area (Å²) in [7, 11) is 0. The van der Waals surface area contributed by atoms with E-state index in [1.807, 2.05) is 0 Å². The third-order valence-electron chi connectivity index (χ3n) is 2.50. The Kier molecular flexibility index (Phi) is 3.85. The van der Waals surface area contributed by atoms with Crippen molar-refractivity contribution in [3.8, 4) is 5.75 Å². The zero-order valence-electron chi connectivity index (χ0n) is 10.2. The number of nitro benzene ring substituents is 1. The van der Waals surface area contributed by atoms with Gasteiger partial charge in [0.1, 0.15) is 12.0 Å². The number of carbonyl (C=O) groups excluding carboxylic acids is 2. The van der Waals surface area contributed by atoms with Crippen LogP contribution in [0.4, 0.5) is 5.69 Å². The monoisotopic (exact) mass is 271 g/mol. The van der Waals surface area contributed by atoms with Gasteiger partial charge < -0.3 is 4.74 Å². The topological polar surface area (TPSA) is 86.5 Å². The number of rotatable bonds is 4. The largest absolute Gasteiger partial charge is 0.423 e. The average Bonchev–Trinajstić information content (AvgIpc) is 2.47. The maximum absolute atomic E-state index is 11.9. The summed E-state index contributed by atoms with van der Waals surface area (Å²) < 4.78 is 5.06. The lowest BCUT2D eigenvalue weighted by atomic mass is 10.2. The van der Waals surface area contributed by atoms with Gasteiger partial charge in [-0.1, -0.05) is 18.2 Å². The summed E-state index contributed by atoms with van der Waals surface area (Å²) in [6, 6.07) is 11.3. The molecule has 0 N–H and O–H groups in total. The number of benzene rings is 2. The van der Waals surface area contributed by atoms with Crippen molar-refractivity contribution in [3.05, 3.63) is 69.8 Å². The Bertz CT molecular complexity index is 681. The Morgan fingerprint density at radius 3 is 2.60 bits per heavy atom. The Morgan fingerprint density at radius 1 is 1.15 bits per heavy atom. The van der Waals surface area contributed by atoms with Crippen LogP contribution in [-0.4, -0.2) is 17.2 Å². The Hall–Kier alpha value is -3.02. The summed E-state index contributed by atoms with van der Waals surface area (Å²) in [6.45, 7) is 0. The SMILES string of the molecule is O=Cc1cccc(OC(=O)c2cccc([N+](=O)[O-])c2)c1. The molecule has 6 heteroatoms. The summed E-state index contributed by atoms with van der Waals surface area (Å²) in [4.78, 5) is 32.5. The van der Waals surface area contributed by atoms with Crippen molar-refractivity contribution in [2.24, 2.45) is 0 Å². The Morgan fingerprint density at radius 2 is 1.90 bits per heavy atom. The Labute approximate surface area is 113 Å². The molecule has 0 spiro atoms. The van der Waals surface area contributed by atoms with Crippen molar-refractivity contribution in [2.45, 2.75) is 0 Å². The highest BCUT2D eigenvalue weighted by molar-refractivity contribution is 5.92. The number of esters is 1. The van der Waals surface area contributed by atoms with Crippen molar-refractivity contribution in [3.63, 3.8) is 0 Å². The van der Waals surface area contributed by atoms with Crippen molar-refractivity contribution < 1.29 is 19.2 Å². The van der Waals surface area contributed by atoms with Gasteiger partial charge in [-0.15, -0.1) is 0 Å². The normalized spacial score (nSPS) is 9.80. The van der Waals surface area contributed by atoms with Gasteiger partial charge in [-0.3, -0.25) is 14.9 Å². The van der Waals surface area contributed by atoms with Crippen LogP contribution in [0.25, 0.3) is 0 Å². The first kappa shape index (κ1) is 13.4. The van der Waals surface area contributed by atoms with Crippen molar-refractivity contribution in [1.82, 2.24) is 0 Å². The van der Waals surface area contributed by atoms with Crippen LogP contribution in [0.15, 0.2) is 48.5 Å². The van der Waals surface area contributed by atoms with Crippen LogP contribution in [-0.2, 0) is 0 Å². The summed E-state index contributed by atoms with van der Waals surface area (Å²) in [5, 5.41) is 10.6. The van der Waals surface area contributed by atoms with E-state index in [1.165, 1.54) is 30.3 Å². The van der Waals surface area contributed by atoms with Crippen molar-refractivity contribution >= 4 is 17.9 Å². The number of carbonyl (C=O) groups is 2. The molecule has 0 heterocycles. The lowest BCUT2D eigenvalue weighted by Gasteiger charge is -2.04. The summed E-state index contributed by atoms with van der Waals surface area (Å²) in [6.07, 6.45) is 0.630. The third kappa shape index (κ3) is 3.05. The quantitative estimate of drug-likeness (QED) is 0.280. The molecule has 6 nitrogen and oxygen atoms in total. The van der Waals surface area contributed by atoms with Crippen molar-refractivity contribution in [2.75, 3.05) is 0 Å². The van der Waals surface area contributed by atoms with Crippen LogP contribution in [0, 0.1) is 10.1 Å². The second-order valence-electron chi connectivity index (χ2n) is 3.89. The lowest BCUT2D eigenvalue weighted by molar-refractivity contribution is -0.384. The molecule has 2 rings (SSSR count). The van der Waals surface area contributed by atoms with Crippen LogP contribution in [0.2, 0.25) is 0 Å². The molecule has 0 saturated heterocycles. The molecule has 0 atom stereocenters. The number of nitrogens with zero attached hydrogens (tertiary/aromatic N) is 1. The third-order valence-corrected chi connectivity index (χ3v) is 2.50. The zero-order chi connectivity index (χ0) is 14.5. The van der Waals surface area contributed by atoms with E-state index in [1.54, 1.807) is 12.1 Å². The molecule has 20 heavy (non-hydrogen) atoms. The number of hydrogen-bond donors (Lipinski definition) is 0. The minimum atomic E-state index is -0.725. The molecule has 0 aliphatic carbocycles. The van der Waals surface area contributed by atoms with Gasteiger partial charge in [-0.2, -0.15) is 0 Å². The first-order valence-electron chi connectivity index (χ1n) is 5.62. The van der Waals surface area contributed by atoms with Gasteiger partial charge in [-0.25, -0.2) is 4.79 Å². The fraction of sp³-hybridized carbons (Fsp3) is 0. The van der Waals surface area contributed by atoms with Crippen LogP contribution >= 0.6 is 0 Å². The number of ether oxygens (including phenoxy) is 1. The van der Waals surface area contributed by atoms with E-state index >= 15 is 0 Å². The first-order valence-corrected chi connectivity index (χ1v) is 5.62. The van der Waals surface area contributed by atoms with Gasteiger partial charge in [0.25, 0.3) is 5.69 Å². The number of aldehydes is 1. The molecule has 2 aromatic carbocycles. The second kappa shape index (κ2) is 5.75. The van der Waals surface area contributed by atoms with Crippen molar-refractivity contribution in [1.29, 1.82) is 0 Å². The molecule has 0 aliphatic rings. The molecule has 0 fully saturated rings. The van der Waals surface area contributed by atoms with E-state index in [0.29, 0.717) is 11.8 Å². The van der Waals surface area contributed by atoms with E-state index in [2.05, 4.69) is 0 Å². The maximum atomic E-state index is 11.9. The highest BCUT2D eigenvalue weighted by atomic mass is 16.6. The lowest BCUT2D eigenvalue weighted by Crippen LogP contribution is -2.08. The molecular weight excluding hydrogens is 262 g/mol. The van der Waals surface area contributed by atoms with Crippen LogP contribution in [0.1, 0.15) is 20.7 Å². The molecule has 100 valence electrons. The van der Waals surface area contributed by atoms with Gasteiger partial charge in [0.05, 0.1) is 10.5 Å². The maximum Gasteiger partial charge on any atom is 0.343 e. The van der Waals surface area contributed by atoms with Gasteiger partial charge >= 0.3 is 5.97 Å². The fourth-order valence-corrected chi connectivity index (χ4v) is 1.56. The highest BCUT2D eigenvalue weighted by Crippen LogP contribution is 2.17. The second-order valence-corrected chi connectivity index (χ2v) is 3.89. The molecule has 0 aliphatic heterocycles. The smallest absolute Gasteiger partial charge is 0.343 e. The zero-order valence-corrected chi connectivity index (χ0v) is 10.2. The summed E-state index contributed by atoms with van der Waals surface area (Å²) in [5.41, 5.74) is 0.242. The van der Waals surface area contributed by atoms with E-state index in [-0.39, 0.29) is 17.0 Å². The fourth-order valence-electron chi connectivity index (χ4n) is 1.56. The van der Waals surface area contributed by atoms with E-state index in [9.17, 15) is 19.7 Å². The summed E-state index contributed by atoms with van der Waals surface area (Å²) >= 11 is 0. The highest BCUT2D eigenvalue weighted by Gasteiger charge is 2.13. The predicted molar refractivity (Wildman–Crippen MR) is 69.9 cm³/mol. The van der Waals surface area contributed by atoms with Gasteiger partial charge in [0.15, 0.2) is 0 Å². The average molecular weight is 271 g/mol. The predicted octanol–water partition coefficient (Wildman–Crippen LogP) is 2.63. The number of nitro groups is 1. The standard InChI is InChI=1S/C14H9NO5/c16-9-10-3-1-6-13(7-10)20-14(17)11-4-2-5-12(8-11)15(18)19/h1-9H. The molecule has 0 amide bonds. The first-order chi connectivity index (χ1) is 9.60. The van der Waals surface area contributed by atoms with E-state index < -0.39 is 10.9 Å². The molecule has 0 unspecified atom stereocenters.